The summed E-state index contributed by atoms with van der Waals surface area (Å²) >= 11 is 0. The first-order valence-corrected chi connectivity index (χ1v) is 12.2. The summed E-state index contributed by atoms with van der Waals surface area (Å²) in [7, 11) is -2.67. The van der Waals surface area contributed by atoms with Gasteiger partial charge in [-0.15, -0.1) is 0 Å². The minimum atomic E-state index is -4.10. The van der Waals surface area contributed by atoms with Crippen LogP contribution in [-0.2, 0) is 19.6 Å². The van der Waals surface area contributed by atoms with Crippen LogP contribution in [0.4, 0.5) is 5.69 Å². The molecule has 0 saturated carbocycles. The van der Waals surface area contributed by atoms with E-state index < -0.39 is 28.4 Å². The van der Waals surface area contributed by atoms with E-state index in [-0.39, 0.29) is 17.2 Å². The van der Waals surface area contributed by atoms with Crippen LogP contribution in [0, 0.1) is 6.92 Å². The Hall–Kier alpha value is -4.38. The number of sulfonamides is 1. The summed E-state index contributed by atoms with van der Waals surface area (Å²) in [5.74, 6) is -0.496. The molecule has 36 heavy (non-hydrogen) atoms. The first-order chi connectivity index (χ1) is 17.2. The predicted octanol–water partition coefficient (Wildman–Crippen LogP) is 2.21. The third-order valence-corrected chi connectivity index (χ3v) is 6.66. The molecule has 0 fully saturated rings. The van der Waals surface area contributed by atoms with Gasteiger partial charge in [-0.1, -0.05) is 24.3 Å². The zero-order valence-electron chi connectivity index (χ0n) is 19.7. The van der Waals surface area contributed by atoms with Crippen LogP contribution in [0.3, 0.4) is 0 Å². The van der Waals surface area contributed by atoms with Crippen LogP contribution in [0.5, 0.6) is 11.5 Å². The Labute approximate surface area is 209 Å². The van der Waals surface area contributed by atoms with Crippen molar-refractivity contribution in [2.45, 2.75) is 11.8 Å². The summed E-state index contributed by atoms with van der Waals surface area (Å²) in [5, 5.41) is 3.91. The van der Waals surface area contributed by atoms with Crippen molar-refractivity contribution in [2.75, 3.05) is 24.6 Å². The van der Waals surface area contributed by atoms with E-state index >= 15 is 0 Å². The molecule has 0 atom stereocenters. The molecule has 2 amide bonds. The maximum Gasteiger partial charge on any atom is 0.264 e. The summed E-state index contributed by atoms with van der Waals surface area (Å²) in [5.41, 5.74) is 9.05. The van der Waals surface area contributed by atoms with E-state index in [9.17, 15) is 18.0 Å². The van der Waals surface area contributed by atoms with E-state index in [0.29, 0.717) is 17.1 Å². The van der Waals surface area contributed by atoms with Crippen molar-refractivity contribution in [3.05, 3.63) is 83.9 Å². The summed E-state index contributed by atoms with van der Waals surface area (Å²) < 4.78 is 38.5. The number of nitrogens with zero attached hydrogens (tertiary/aromatic N) is 2. The number of ether oxygens (including phenoxy) is 2. The molecule has 0 heterocycles. The van der Waals surface area contributed by atoms with E-state index in [1.165, 1.54) is 25.5 Å². The van der Waals surface area contributed by atoms with Crippen molar-refractivity contribution < 1.29 is 27.5 Å². The molecule has 0 radical (unpaired) electrons. The van der Waals surface area contributed by atoms with Gasteiger partial charge in [-0.25, -0.2) is 13.8 Å². The van der Waals surface area contributed by atoms with Crippen LogP contribution in [0.2, 0.25) is 0 Å². The monoisotopic (exact) mass is 510 g/mol. The lowest BCUT2D eigenvalue weighted by molar-refractivity contribution is -0.120. The predicted molar refractivity (Wildman–Crippen MR) is 136 cm³/mol. The quantitative estimate of drug-likeness (QED) is 0.299. The van der Waals surface area contributed by atoms with Gasteiger partial charge in [-0.3, -0.25) is 13.9 Å². The molecule has 0 bridgehead atoms. The highest BCUT2D eigenvalue weighted by Crippen LogP contribution is 2.33. The maximum absolute atomic E-state index is 13.5. The van der Waals surface area contributed by atoms with Gasteiger partial charge in [0, 0.05) is 0 Å². The number of carbonyl (C=O) groups excluding carboxylic acids is 2. The number of hydrogen-bond donors (Lipinski definition) is 2. The second-order valence-electron chi connectivity index (χ2n) is 7.62. The summed E-state index contributed by atoms with van der Waals surface area (Å²) in [6, 6.07) is 19.4. The molecule has 0 aromatic heterocycles. The zero-order valence-corrected chi connectivity index (χ0v) is 20.6. The first-order valence-electron chi connectivity index (χ1n) is 10.8. The van der Waals surface area contributed by atoms with E-state index in [1.54, 1.807) is 60.7 Å². The number of anilines is 1. The summed E-state index contributed by atoms with van der Waals surface area (Å²) in [4.78, 5) is 23.6. The Bertz CT molecular complexity index is 1340. The molecule has 0 spiro atoms. The Morgan fingerprint density at radius 1 is 1.06 bits per heavy atom. The summed E-state index contributed by atoms with van der Waals surface area (Å²) in [6.07, 6.45) is 1.39. The summed E-state index contributed by atoms with van der Waals surface area (Å²) in [6.45, 7) is 1.04. The highest BCUT2D eigenvalue weighted by Gasteiger charge is 2.29. The van der Waals surface area contributed by atoms with Gasteiger partial charge in [0.25, 0.3) is 21.8 Å². The second-order valence-corrected chi connectivity index (χ2v) is 9.48. The molecule has 3 N–H and O–H groups in total. The van der Waals surface area contributed by atoms with Gasteiger partial charge in [0.2, 0.25) is 0 Å². The Kier molecular flexibility index (Phi) is 8.63. The first kappa shape index (κ1) is 26.2. The van der Waals surface area contributed by atoms with Crippen LogP contribution < -0.4 is 24.9 Å². The molecule has 3 rings (SSSR count). The fraction of sp³-hybridized carbons (Fsp3) is 0.160. The number of aryl methyl sites for hydroxylation is 1. The number of benzene rings is 3. The van der Waals surface area contributed by atoms with Crippen LogP contribution in [0.15, 0.2) is 82.8 Å². The van der Waals surface area contributed by atoms with E-state index in [2.05, 4.69) is 10.5 Å². The van der Waals surface area contributed by atoms with Crippen molar-refractivity contribution >= 4 is 33.7 Å². The molecule has 0 unspecified atom stereocenters. The second kappa shape index (κ2) is 11.8. The van der Waals surface area contributed by atoms with Crippen LogP contribution in [0.25, 0.3) is 0 Å². The molecule has 3 aromatic rings. The minimum absolute atomic E-state index is 0.0310. The molecule has 0 aliphatic carbocycles. The van der Waals surface area contributed by atoms with Crippen molar-refractivity contribution in [3.8, 4) is 11.5 Å². The normalized spacial score (nSPS) is 11.2. The van der Waals surface area contributed by atoms with E-state index in [0.717, 1.165) is 9.87 Å². The number of carbonyl (C=O) groups is 2. The fourth-order valence-electron chi connectivity index (χ4n) is 3.16. The molecule has 10 nitrogen and oxygen atoms in total. The van der Waals surface area contributed by atoms with Crippen molar-refractivity contribution in [3.63, 3.8) is 0 Å². The number of hydrazone groups is 1. The molecule has 188 valence electrons. The van der Waals surface area contributed by atoms with Crippen molar-refractivity contribution in [2.24, 2.45) is 10.8 Å². The van der Waals surface area contributed by atoms with Crippen LogP contribution in [0.1, 0.15) is 11.1 Å². The molecular weight excluding hydrogens is 484 g/mol. The molecule has 0 aliphatic heterocycles. The number of nitrogens with one attached hydrogen (secondary N) is 1. The minimum Gasteiger partial charge on any atom is -0.495 e. The number of amides is 2. The largest absolute Gasteiger partial charge is 0.495 e. The lowest BCUT2D eigenvalue weighted by atomic mass is 10.2. The third-order valence-electron chi connectivity index (χ3n) is 4.89. The smallest absolute Gasteiger partial charge is 0.264 e. The lowest BCUT2D eigenvalue weighted by Gasteiger charge is -2.25. The highest BCUT2D eigenvalue weighted by molar-refractivity contribution is 7.92. The number of rotatable bonds is 11. The Morgan fingerprint density at radius 2 is 1.75 bits per heavy atom. The van der Waals surface area contributed by atoms with Gasteiger partial charge in [-0.2, -0.15) is 5.10 Å². The third kappa shape index (κ3) is 6.83. The molecule has 0 saturated heterocycles. The van der Waals surface area contributed by atoms with E-state index in [1.807, 2.05) is 6.92 Å². The lowest BCUT2D eigenvalue weighted by Crippen LogP contribution is -2.39. The van der Waals surface area contributed by atoms with Crippen molar-refractivity contribution in [1.82, 2.24) is 5.43 Å². The van der Waals surface area contributed by atoms with Crippen LogP contribution in [-0.4, -0.2) is 46.7 Å². The molecule has 11 heteroatoms. The van der Waals surface area contributed by atoms with Gasteiger partial charge in [-0.05, 0) is 66.6 Å². The average Bonchev–Trinajstić information content (AvgIpc) is 2.87. The molecule has 0 aliphatic rings. The number of primary amides is 1. The number of nitrogens with two attached hydrogens (primary N) is 1. The SMILES string of the molecule is COc1ccc(C)cc1N(CC(=O)N/N=C\c1ccc(OCC(N)=O)cc1)S(=O)(=O)c1ccccc1. The van der Waals surface area contributed by atoms with Crippen molar-refractivity contribution in [1.29, 1.82) is 0 Å². The van der Waals surface area contributed by atoms with Gasteiger partial charge >= 0.3 is 0 Å². The standard InChI is InChI=1S/C25H26N4O6S/c1-18-8-13-23(34-2)22(14-18)29(36(32,33)21-6-4-3-5-7-21)16-25(31)28-27-15-19-9-11-20(12-10-19)35-17-24(26)30/h3-15H,16-17H2,1-2H3,(H2,26,30)(H,28,31)/b27-15-. The molecule has 3 aromatic carbocycles. The van der Waals surface area contributed by atoms with E-state index in [4.69, 9.17) is 15.2 Å². The maximum atomic E-state index is 13.5. The topological polar surface area (TPSA) is 140 Å². The Morgan fingerprint density at radius 3 is 2.39 bits per heavy atom. The number of hydrogen-bond acceptors (Lipinski definition) is 7. The van der Waals surface area contributed by atoms with Gasteiger partial charge in [0.05, 0.1) is 23.9 Å². The highest BCUT2D eigenvalue weighted by atomic mass is 32.2. The Balaban J connectivity index is 1.79. The fourth-order valence-corrected chi connectivity index (χ4v) is 4.61. The van der Waals surface area contributed by atoms with Crippen LogP contribution >= 0.6 is 0 Å². The molecular formula is C25H26N4O6S. The van der Waals surface area contributed by atoms with Gasteiger partial charge < -0.3 is 15.2 Å². The average molecular weight is 511 g/mol. The zero-order chi connectivity index (χ0) is 26.1. The van der Waals surface area contributed by atoms with Gasteiger partial charge in [0.1, 0.15) is 18.0 Å². The number of methoxy groups -OCH3 is 1. The van der Waals surface area contributed by atoms with Gasteiger partial charge in [0.15, 0.2) is 6.61 Å².